The van der Waals surface area contributed by atoms with Gasteiger partial charge in [-0.2, -0.15) is 5.10 Å². The number of nitrogens with one attached hydrogen (secondary N) is 2. The van der Waals surface area contributed by atoms with E-state index in [4.69, 9.17) is 9.47 Å². The molecule has 3 amide bonds. The molecule has 3 heterocycles. The molecule has 1 atom stereocenters. The molecule has 10 nitrogen and oxygen atoms in total. The lowest BCUT2D eigenvalue weighted by molar-refractivity contribution is -0.133. The molecule has 3 aliphatic rings. The van der Waals surface area contributed by atoms with Crippen molar-refractivity contribution in [1.29, 1.82) is 0 Å². The molecule has 0 unspecified atom stereocenters. The Labute approximate surface area is 191 Å². The van der Waals surface area contributed by atoms with Gasteiger partial charge in [-0.3, -0.25) is 19.1 Å². The number of amides is 3. The molecule has 174 valence electrons. The highest BCUT2D eigenvalue weighted by atomic mass is 16.7. The normalized spacial score (nSPS) is 21.8. The molecule has 1 fully saturated rings. The molecular formula is C23H27N5O5. The van der Waals surface area contributed by atoms with Crippen LogP contribution in [0.2, 0.25) is 0 Å². The number of aromatic nitrogens is 2. The van der Waals surface area contributed by atoms with Gasteiger partial charge in [0.25, 0.3) is 11.8 Å². The number of nitrogens with zero attached hydrogens (tertiary/aromatic N) is 3. The van der Waals surface area contributed by atoms with Crippen molar-refractivity contribution >= 4 is 17.7 Å². The van der Waals surface area contributed by atoms with E-state index in [0.29, 0.717) is 11.5 Å². The first-order valence-electron chi connectivity index (χ1n) is 11.2. The predicted molar refractivity (Wildman–Crippen MR) is 117 cm³/mol. The number of fused-ring (bicyclic) bond motifs is 2. The van der Waals surface area contributed by atoms with Crippen molar-refractivity contribution in [3.63, 3.8) is 0 Å². The van der Waals surface area contributed by atoms with Crippen LogP contribution < -0.4 is 20.1 Å². The molecule has 0 bridgehead atoms. The van der Waals surface area contributed by atoms with E-state index in [9.17, 15) is 14.4 Å². The number of hydrogen-bond acceptors (Lipinski definition) is 6. The SMILES string of the molecule is CN1C(=O)c2cc(C(=O)NCc3ccc4c(c3)OCO4)nn2C[C@@]1(C)C(=O)NC1CCCC1. The molecule has 0 saturated heterocycles. The fourth-order valence-corrected chi connectivity index (χ4v) is 4.57. The maximum atomic E-state index is 13.1. The van der Waals surface area contributed by atoms with Crippen LogP contribution in [-0.2, 0) is 17.9 Å². The number of carbonyl (C=O) groups is 3. The van der Waals surface area contributed by atoms with Crippen LogP contribution in [-0.4, -0.2) is 57.8 Å². The minimum absolute atomic E-state index is 0.132. The minimum Gasteiger partial charge on any atom is -0.454 e. The summed E-state index contributed by atoms with van der Waals surface area (Å²) in [6, 6.07) is 7.08. The zero-order chi connectivity index (χ0) is 23.2. The largest absolute Gasteiger partial charge is 0.454 e. The third-order valence-electron chi connectivity index (χ3n) is 6.80. The van der Waals surface area contributed by atoms with E-state index in [1.54, 1.807) is 20.0 Å². The first-order chi connectivity index (χ1) is 15.8. The fraction of sp³-hybridized carbons (Fsp3) is 0.478. The molecule has 10 heteroatoms. The summed E-state index contributed by atoms with van der Waals surface area (Å²) in [6.45, 7) is 2.37. The summed E-state index contributed by atoms with van der Waals surface area (Å²) in [5, 5.41) is 10.3. The number of ether oxygens (including phenoxy) is 2. The fourth-order valence-electron chi connectivity index (χ4n) is 4.57. The Kier molecular flexibility index (Phi) is 5.22. The Morgan fingerprint density at radius 3 is 2.73 bits per heavy atom. The van der Waals surface area contributed by atoms with Gasteiger partial charge >= 0.3 is 0 Å². The van der Waals surface area contributed by atoms with Crippen LogP contribution in [0.25, 0.3) is 0 Å². The van der Waals surface area contributed by atoms with Gasteiger partial charge in [0.1, 0.15) is 11.2 Å². The third-order valence-corrected chi connectivity index (χ3v) is 6.80. The summed E-state index contributed by atoms with van der Waals surface area (Å²) in [5.41, 5.74) is 0.187. The number of hydrogen-bond donors (Lipinski definition) is 2. The molecule has 0 radical (unpaired) electrons. The quantitative estimate of drug-likeness (QED) is 0.708. The summed E-state index contributed by atoms with van der Waals surface area (Å²) in [5.74, 6) is 0.382. The lowest BCUT2D eigenvalue weighted by Crippen LogP contribution is -2.63. The maximum Gasteiger partial charge on any atom is 0.272 e. The summed E-state index contributed by atoms with van der Waals surface area (Å²) < 4.78 is 12.1. The number of likely N-dealkylation sites (N-methyl/N-ethyl adjacent to an activating group) is 1. The van der Waals surface area contributed by atoms with Crippen LogP contribution in [0, 0.1) is 0 Å². The van der Waals surface area contributed by atoms with E-state index in [-0.39, 0.29) is 49.1 Å². The molecule has 1 saturated carbocycles. The lowest BCUT2D eigenvalue weighted by atomic mass is 9.95. The average Bonchev–Trinajstić information content (AvgIpc) is 3.56. The van der Waals surface area contributed by atoms with Gasteiger partial charge < -0.3 is 25.0 Å². The zero-order valence-electron chi connectivity index (χ0n) is 18.7. The number of benzene rings is 1. The van der Waals surface area contributed by atoms with Crippen LogP contribution in [0.5, 0.6) is 11.5 Å². The Morgan fingerprint density at radius 2 is 1.94 bits per heavy atom. The van der Waals surface area contributed by atoms with Crippen molar-refractivity contribution in [2.75, 3.05) is 13.8 Å². The maximum absolute atomic E-state index is 13.1. The topological polar surface area (TPSA) is 115 Å². The molecule has 2 aromatic rings. The molecule has 1 aromatic heterocycles. The Bertz CT molecular complexity index is 1120. The second kappa shape index (κ2) is 8.09. The van der Waals surface area contributed by atoms with Gasteiger partial charge in [-0.05, 0) is 37.5 Å². The van der Waals surface area contributed by atoms with E-state index in [1.807, 2.05) is 12.1 Å². The van der Waals surface area contributed by atoms with E-state index < -0.39 is 11.4 Å². The number of rotatable bonds is 5. The van der Waals surface area contributed by atoms with E-state index >= 15 is 0 Å². The highest BCUT2D eigenvalue weighted by Crippen LogP contribution is 2.32. The van der Waals surface area contributed by atoms with E-state index in [2.05, 4.69) is 15.7 Å². The van der Waals surface area contributed by atoms with Crippen LogP contribution >= 0.6 is 0 Å². The molecule has 2 N–H and O–H groups in total. The van der Waals surface area contributed by atoms with E-state index in [1.165, 1.54) is 15.6 Å². The van der Waals surface area contributed by atoms with Gasteiger partial charge in [0.2, 0.25) is 12.7 Å². The Morgan fingerprint density at radius 1 is 1.18 bits per heavy atom. The second-order valence-corrected chi connectivity index (χ2v) is 9.04. The van der Waals surface area contributed by atoms with Gasteiger partial charge in [0.05, 0.1) is 6.54 Å². The predicted octanol–water partition coefficient (Wildman–Crippen LogP) is 1.44. The van der Waals surface area contributed by atoms with Gasteiger partial charge in [-0.25, -0.2) is 0 Å². The smallest absolute Gasteiger partial charge is 0.272 e. The first-order valence-corrected chi connectivity index (χ1v) is 11.2. The summed E-state index contributed by atoms with van der Waals surface area (Å²) in [7, 11) is 1.62. The lowest BCUT2D eigenvalue weighted by Gasteiger charge is -2.41. The molecule has 5 rings (SSSR count). The summed E-state index contributed by atoms with van der Waals surface area (Å²) >= 11 is 0. The summed E-state index contributed by atoms with van der Waals surface area (Å²) in [6.07, 6.45) is 4.12. The van der Waals surface area contributed by atoms with Crippen LogP contribution in [0.3, 0.4) is 0 Å². The summed E-state index contributed by atoms with van der Waals surface area (Å²) in [4.78, 5) is 40.3. The molecule has 2 aliphatic heterocycles. The minimum atomic E-state index is -1.08. The van der Waals surface area contributed by atoms with Gasteiger partial charge in [0.15, 0.2) is 17.2 Å². The molecular weight excluding hydrogens is 426 g/mol. The monoisotopic (exact) mass is 453 g/mol. The van der Waals surface area contributed by atoms with Crippen molar-refractivity contribution in [2.45, 2.75) is 57.3 Å². The zero-order valence-corrected chi connectivity index (χ0v) is 18.7. The average molecular weight is 453 g/mol. The van der Waals surface area contributed by atoms with Gasteiger partial charge in [0, 0.05) is 25.7 Å². The van der Waals surface area contributed by atoms with Crippen molar-refractivity contribution in [3.05, 3.63) is 41.2 Å². The van der Waals surface area contributed by atoms with Crippen molar-refractivity contribution in [1.82, 2.24) is 25.3 Å². The Balaban J connectivity index is 1.29. The number of carbonyl (C=O) groups excluding carboxylic acids is 3. The molecule has 1 aliphatic carbocycles. The van der Waals surface area contributed by atoms with Gasteiger partial charge in [-0.1, -0.05) is 18.9 Å². The standard InChI is InChI=1S/C23H27N5O5/c1-23(22(31)25-15-5-3-4-6-15)12-28-17(21(30)27(23)2)10-16(26-28)20(29)24-11-14-7-8-18-19(9-14)33-13-32-18/h7-10,15H,3-6,11-13H2,1-2H3,(H,24,29)(H,25,31)/t23-/m0/s1. The van der Waals surface area contributed by atoms with Crippen LogP contribution in [0.15, 0.2) is 24.3 Å². The highest BCUT2D eigenvalue weighted by molar-refractivity contribution is 6.01. The van der Waals surface area contributed by atoms with Crippen molar-refractivity contribution < 1.29 is 23.9 Å². The highest BCUT2D eigenvalue weighted by Gasteiger charge is 2.46. The van der Waals surface area contributed by atoms with E-state index in [0.717, 1.165) is 31.2 Å². The first kappa shape index (κ1) is 21.3. The van der Waals surface area contributed by atoms with Crippen LogP contribution in [0.1, 0.15) is 59.1 Å². The Hall–Kier alpha value is -3.56. The van der Waals surface area contributed by atoms with Gasteiger partial charge in [-0.15, -0.1) is 0 Å². The third kappa shape index (κ3) is 3.79. The second-order valence-electron chi connectivity index (χ2n) is 9.04. The van der Waals surface area contributed by atoms with Crippen molar-refractivity contribution in [3.8, 4) is 11.5 Å². The van der Waals surface area contributed by atoms with Crippen molar-refractivity contribution in [2.24, 2.45) is 0 Å². The van der Waals surface area contributed by atoms with Crippen LogP contribution in [0.4, 0.5) is 0 Å². The molecule has 1 aromatic carbocycles. The molecule has 0 spiro atoms. The molecule has 33 heavy (non-hydrogen) atoms.